The molecule has 0 saturated carbocycles. The number of methoxy groups -OCH3 is 1. The van der Waals surface area contributed by atoms with Crippen molar-refractivity contribution < 1.29 is 9.53 Å². The maximum absolute atomic E-state index is 12.3. The molecule has 6 nitrogen and oxygen atoms in total. The predicted octanol–water partition coefficient (Wildman–Crippen LogP) is 1.02. The number of hydrogen-bond donors (Lipinski definition) is 0. The Morgan fingerprint density at radius 3 is 3.11 bits per heavy atom. The second-order valence-electron chi connectivity index (χ2n) is 4.02. The van der Waals surface area contributed by atoms with Gasteiger partial charge in [0.1, 0.15) is 5.82 Å². The number of aromatic nitrogens is 2. The summed E-state index contributed by atoms with van der Waals surface area (Å²) in [7, 11) is 1.47. The van der Waals surface area contributed by atoms with Crippen molar-refractivity contribution in [2.75, 3.05) is 25.2 Å². The molecule has 0 bridgehead atoms. The van der Waals surface area contributed by atoms with Crippen molar-refractivity contribution in [3.05, 3.63) is 17.5 Å². The molecular formula is C11H11ClN4O2. The molecule has 0 aliphatic carbocycles. The zero-order valence-corrected chi connectivity index (χ0v) is 10.5. The molecular weight excluding hydrogens is 256 g/mol. The first-order chi connectivity index (χ1) is 8.63. The molecule has 0 aromatic carbocycles. The summed E-state index contributed by atoms with van der Waals surface area (Å²) >= 11 is 5.69. The van der Waals surface area contributed by atoms with Gasteiger partial charge in [-0.3, -0.25) is 9.69 Å². The van der Waals surface area contributed by atoms with Crippen LogP contribution in [0.2, 0.25) is 5.28 Å². The highest BCUT2D eigenvalue weighted by molar-refractivity contribution is 6.28. The highest BCUT2D eigenvalue weighted by Crippen LogP contribution is 2.34. The van der Waals surface area contributed by atoms with Gasteiger partial charge in [0.15, 0.2) is 5.41 Å². The Hall–Kier alpha value is -1.71. The first-order valence-electron chi connectivity index (χ1n) is 5.34. The molecule has 1 aliphatic heterocycles. The molecule has 0 N–H and O–H groups in total. The third kappa shape index (κ3) is 2.03. The zero-order chi connectivity index (χ0) is 13.2. The standard InChI is InChI=1S/C11H11ClN4O2/c1-18-7-11(6-13)3-5-16(9(11)17)8-2-4-14-10(12)15-8/h2,4H,3,5,7H2,1H3. The van der Waals surface area contributed by atoms with Crippen LogP contribution in [0.4, 0.5) is 5.82 Å². The number of nitriles is 1. The fourth-order valence-corrected chi connectivity index (χ4v) is 2.12. The van der Waals surface area contributed by atoms with E-state index in [2.05, 4.69) is 9.97 Å². The Balaban J connectivity index is 2.30. The van der Waals surface area contributed by atoms with Gasteiger partial charge in [-0.2, -0.15) is 5.26 Å². The van der Waals surface area contributed by atoms with Gasteiger partial charge in [0.25, 0.3) is 5.91 Å². The van der Waals surface area contributed by atoms with Crippen LogP contribution in [-0.2, 0) is 9.53 Å². The van der Waals surface area contributed by atoms with Gasteiger partial charge < -0.3 is 4.74 Å². The Morgan fingerprint density at radius 2 is 2.50 bits per heavy atom. The average Bonchev–Trinajstić information content (AvgIpc) is 2.68. The molecule has 1 fully saturated rings. The largest absolute Gasteiger partial charge is 0.382 e. The highest BCUT2D eigenvalue weighted by Gasteiger charge is 2.48. The number of rotatable bonds is 3. The van der Waals surface area contributed by atoms with Gasteiger partial charge in [-0.25, -0.2) is 9.97 Å². The molecule has 1 aromatic heterocycles. The van der Waals surface area contributed by atoms with Crippen LogP contribution in [0.25, 0.3) is 0 Å². The lowest BCUT2D eigenvalue weighted by molar-refractivity contribution is -0.125. The summed E-state index contributed by atoms with van der Waals surface area (Å²) in [4.78, 5) is 21.5. The van der Waals surface area contributed by atoms with Crippen molar-refractivity contribution in [1.82, 2.24) is 9.97 Å². The van der Waals surface area contributed by atoms with Gasteiger partial charge in [0.2, 0.25) is 5.28 Å². The van der Waals surface area contributed by atoms with E-state index in [0.29, 0.717) is 18.8 Å². The molecule has 2 heterocycles. The minimum absolute atomic E-state index is 0.0708. The van der Waals surface area contributed by atoms with Crippen molar-refractivity contribution in [2.45, 2.75) is 6.42 Å². The molecule has 1 aliphatic rings. The molecule has 1 atom stereocenters. The molecule has 1 amide bonds. The van der Waals surface area contributed by atoms with E-state index >= 15 is 0 Å². The Bertz CT molecular complexity index is 516. The van der Waals surface area contributed by atoms with Gasteiger partial charge in [-0.05, 0) is 24.1 Å². The van der Waals surface area contributed by atoms with Gasteiger partial charge in [0.05, 0.1) is 12.7 Å². The van der Waals surface area contributed by atoms with Crippen LogP contribution in [0.1, 0.15) is 6.42 Å². The van der Waals surface area contributed by atoms with E-state index in [1.165, 1.54) is 18.2 Å². The second-order valence-corrected chi connectivity index (χ2v) is 4.36. The highest BCUT2D eigenvalue weighted by atomic mass is 35.5. The lowest BCUT2D eigenvalue weighted by Crippen LogP contribution is -2.37. The molecule has 1 aromatic rings. The van der Waals surface area contributed by atoms with Crippen LogP contribution >= 0.6 is 11.6 Å². The van der Waals surface area contributed by atoms with E-state index in [9.17, 15) is 10.1 Å². The van der Waals surface area contributed by atoms with E-state index in [1.807, 2.05) is 6.07 Å². The van der Waals surface area contributed by atoms with Crippen LogP contribution in [-0.4, -0.2) is 36.1 Å². The summed E-state index contributed by atoms with van der Waals surface area (Å²) in [6, 6.07) is 3.64. The minimum Gasteiger partial charge on any atom is -0.382 e. The van der Waals surface area contributed by atoms with Crippen LogP contribution in [0, 0.1) is 16.7 Å². The lowest BCUT2D eigenvalue weighted by atomic mass is 9.89. The van der Waals surface area contributed by atoms with Crippen molar-refractivity contribution in [3.63, 3.8) is 0 Å². The van der Waals surface area contributed by atoms with Gasteiger partial charge in [0, 0.05) is 19.9 Å². The molecule has 2 rings (SSSR count). The fourth-order valence-electron chi connectivity index (χ4n) is 1.98. The van der Waals surface area contributed by atoms with Crippen LogP contribution in [0.15, 0.2) is 12.3 Å². The van der Waals surface area contributed by atoms with Gasteiger partial charge >= 0.3 is 0 Å². The number of carbonyl (C=O) groups is 1. The number of nitrogens with zero attached hydrogens (tertiary/aromatic N) is 4. The smallest absolute Gasteiger partial charge is 0.251 e. The molecule has 18 heavy (non-hydrogen) atoms. The quantitative estimate of drug-likeness (QED) is 0.763. The second kappa shape index (κ2) is 4.88. The lowest BCUT2D eigenvalue weighted by Gasteiger charge is -2.19. The SMILES string of the molecule is COCC1(C#N)CCN(c2ccnc(Cl)n2)C1=O. The van der Waals surface area contributed by atoms with E-state index in [4.69, 9.17) is 16.3 Å². The number of ether oxygens (including phenoxy) is 1. The van der Waals surface area contributed by atoms with E-state index in [1.54, 1.807) is 6.07 Å². The predicted molar refractivity (Wildman–Crippen MR) is 63.9 cm³/mol. The van der Waals surface area contributed by atoms with Gasteiger partial charge in [-0.15, -0.1) is 0 Å². The molecule has 1 unspecified atom stereocenters. The molecule has 7 heteroatoms. The van der Waals surface area contributed by atoms with E-state index < -0.39 is 5.41 Å². The average molecular weight is 267 g/mol. The van der Waals surface area contributed by atoms with Crippen LogP contribution in [0.5, 0.6) is 0 Å². The number of carbonyl (C=O) groups excluding carboxylic acids is 1. The minimum atomic E-state index is -1.12. The van der Waals surface area contributed by atoms with E-state index in [0.717, 1.165) is 0 Å². The molecule has 0 spiro atoms. The fraction of sp³-hybridized carbons (Fsp3) is 0.455. The normalized spacial score (nSPS) is 23.2. The number of halogens is 1. The van der Waals surface area contributed by atoms with Gasteiger partial charge in [-0.1, -0.05) is 0 Å². The third-order valence-electron chi connectivity index (χ3n) is 2.91. The van der Waals surface area contributed by atoms with E-state index in [-0.39, 0.29) is 17.8 Å². The summed E-state index contributed by atoms with van der Waals surface area (Å²) in [5.41, 5.74) is -1.12. The Kier molecular flexibility index (Phi) is 3.45. The number of hydrogen-bond acceptors (Lipinski definition) is 5. The monoisotopic (exact) mass is 266 g/mol. The number of amides is 1. The van der Waals surface area contributed by atoms with Crippen LogP contribution in [0.3, 0.4) is 0 Å². The third-order valence-corrected chi connectivity index (χ3v) is 3.09. The summed E-state index contributed by atoms with van der Waals surface area (Å²) in [5.74, 6) is 0.106. The zero-order valence-electron chi connectivity index (χ0n) is 9.76. The summed E-state index contributed by atoms with van der Waals surface area (Å²) in [6.07, 6.45) is 1.89. The van der Waals surface area contributed by atoms with Crippen molar-refractivity contribution in [2.24, 2.45) is 5.41 Å². The summed E-state index contributed by atoms with van der Waals surface area (Å²) < 4.78 is 4.97. The van der Waals surface area contributed by atoms with Crippen molar-refractivity contribution >= 4 is 23.3 Å². The van der Waals surface area contributed by atoms with Crippen molar-refractivity contribution in [1.29, 1.82) is 5.26 Å². The molecule has 1 saturated heterocycles. The first-order valence-corrected chi connectivity index (χ1v) is 5.71. The molecule has 94 valence electrons. The van der Waals surface area contributed by atoms with Crippen molar-refractivity contribution in [3.8, 4) is 6.07 Å². The summed E-state index contributed by atoms with van der Waals surface area (Å²) in [5, 5.41) is 9.27. The first kappa shape index (κ1) is 12.7. The Morgan fingerprint density at radius 1 is 1.72 bits per heavy atom. The number of anilines is 1. The maximum atomic E-state index is 12.3. The topological polar surface area (TPSA) is 79.1 Å². The summed E-state index contributed by atoms with van der Waals surface area (Å²) in [6.45, 7) is 0.501. The Labute approximate surface area is 109 Å². The molecule has 0 radical (unpaired) electrons. The van der Waals surface area contributed by atoms with Crippen LogP contribution < -0.4 is 4.90 Å². The maximum Gasteiger partial charge on any atom is 0.251 e.